The van der Waals surface area contributed by atoms with Crippen molar-refractivity contribution in [3.05, 3.63) is 23.4 Å². The minimum absolute atomic E-state index is 0.644. The minimum atomic E-state index is 0.644. The lowest BCUT2D eigenvalue weighted by molar-refractivity contribution is 0.447. The second-order valence-corrected chi connectivity index (χ2v) is 3.33. The maximum absolute atomic E-state index is 5.62. The van der Waals surface area contributed by atoms with Gasteiger partial charge in [0, 0.05) is 25.2 Å². The highest BCUT2D eigenvalue weighted by Gasteiger charge is 2.19. The number of nitrogen functional groups attached to an aromatic ring is 1. The van der Waals surface area contributed by atoms with Crippen LogP contribution in [0.3, 0.4) is 0 Å². The van der Waals surface area contributed by atoms with Crippen molar-refractivity contribution in [1.29, 1.82) is 0 Å². The number of hydrogen-bond acceptors (Lipinski definition) is 3. The number of aromatic nitrogens is 1. The molecule has 1 aromatic heterocycles. The second kappa shape index (κ2) is 2.75. The Balaban J connectivity index is 2.27. The first-order valence-electron chi connectivity index (χ1n) is 4.20. The molecule has 1 saturated heterocycles. The van der Waals surface area contributed by atoms with Crippen molar-refractivity contribution in [2.45, 2.75) is 12.8 Å². The van der Waals surface area contributed by atoms with Crippen LogP contribution < -0.4 is 11.1 Å². The summed E-state index contributed by atoms with van der Waals surface area (Å²) in [6.07, 6.45) is 1.88. The third kappa shape index (κ3) is 1.16. The molecule has 0 atom stereocenters. The van der Waals surface area contributed by atoms with Crippen molar-refractivity contribution < 1.29 is 0 Å². The highest BCUT2D eigenvalue weighted by molar-refractivity contribution is 5.41. The van der Waals surface area contributed by atoms with Gasteiger partial charge in [0.2, 0.25) is 0 Å². The summed E-state index contributed by atoms with van der Waals surface area (Å²) in [5, 5.41) is 3.23. The fraction of sp³-hybridized carbons (Fsp3) is 0.444. The SMILES string of the molecule is Cc1cc(C2CNC2)cnc1N. The summed E-state index contributed by atoms with van der Waals surface area (Å²) in [4.78, 5) is 4.13. The van der Waals surface area contributed by atoms with Gasteiger partial charge in [-0.1, -0.05) is 6.07 Å². The molecule has 12 heavy (non-hydrogen) atoms. The van der Waals surface area contributed by atoms with Gasteiger partial charge in [0.05, 0.1) is 0 Å². The average molecular weight is 163 g/mol. The van der Waals surface area contributed by atoms with Gasteiger partial charge in [-0.05, 0) is 18.1 Å². The molecule has 3 heteroatoms. The summed E-state index contributed by atoms with van der Waals surface area (Å²) < 4.78 is 0. The van der Waals surface area contributed by atoms with Crippen LogP contribution in [-0.4, -0.2) is 18.1 Å². The maximum atomic E-state index is 5.62. The summed E-state index contributed by atoms with van der Waals surface area (Å²) in [5.41, 5.74) is 8.01. The monoisotopic (exact) mass is 163 g/mol. The average Bonchev–Trinajstić information content (AvgIpc) is 1.93. The van der Waals surface area contributed by atoms with Crippen LogP contribution in [0, 0.1) is 6.92 Å². The van der Waals surface area contributed by atoms with Crippen LogP contribution in [0.15, 0.2) is 12.3 Å². The van der Waals surface area contributed by atoms with Crippen molar-refractivity contribution in [3.8, 4) is 0 Å². The molecule has 1 aliphatic heterocycles. The number of rotatable bonds is 1. The Bertz CT molecular complexity index is 292. The van der Waals surface area contributed by atoms with Gasteiger partial charge in [-0.25, -0.2) is 4.98 Å². The van der Waals surface area contributed by atoms with Gasteiger partial charge in [-0.15, -0.1) is 0 Å². The predicted octanol–water partition coefficient (Wildman–Crippen LogP) is 0.659. The van der Waals surface area contributed by atoms with E-state index in [4.69, 9.17) is 5.73 Å². The quantitative estimate of drug-likeness (QED) is 0.639. The van der Waals surface area contributed by atoms with Crippen molar-refractivity contribution >= 4 is 5.82 Å². The number of nitrogens with one attached hydrogen (secondary N) is 1. The Morgan fingerprint density at radius 3 is 2.83 bits per heavy atom. The zero-order valence-electron chi connectivity index (χ0n) is 7.17. The van der Waals surface area contributed by atoms with Gasteiger partial charge in [-0.3, -0.25) is 0 Å². The molecule has 0 bridgehead atoms. The molecule has 0 radical (unpaired) electrons. The zero-order valence-corrected chi connectivity index (χ0v) is 7.17. The van der Waals surface area contributed by atoms with Gasteiger partial charge in [0.1, 0.15) is 5.82 Å². The smallest absolute Gasteiger partial charge is 0.126 e. The number of hydrogen-bond donors (Lipinski definition) is 2. The number of nitrogens with two attached hydrogens (primary N) is 1. The van der Waals surface area contributed by atoms with E-state index < -0.39 is 0 Å². The van der Waals surface area contributed by atoms with Crippen LogP contribution in [0.5, 0.6) is 0 Å². The summed E-state index contributed by atoms with van der Waals surface area (Å²) in [6.45, 7) is 4.15. The van der Waals surface area contributed by atoms with Crippen molar-refractivity contribution in [3.63, 3.8) is 0 Å². The molecule has 0 unspecified atom stereocenters. The van der Waals surface area contributed by atoms with E-state index in [0.29, 0.717) is 11.7 Å². The molecule has 2 heterocycles. The summed E-state index contributed by atoms with van der Waals surface area (Å²) >= 11 is 0. The Morgan fingerprint density at radius 2 is 2.33 bits per heavy atom. The molecule has 1 aliphatic rings. The first-order chi connectivity index (χ1) is 5.77. The van der Waals surface area contributed by atoms with Gasteiger partial charge in [0.25, 0.3) is 0 Å². The molecule has 3 nitrogen and oxygen atoms in total. The summed E-state index contributed by atoms with van der Waals surface area (Å²) in [6, 6.07) is 2.13. The molecular weight excluding hydrogens is 150 g/mol. The molecular formula is C9H13N3. The van der Waals surface area contributed by atoms with Gasteiger partial charge >= 0.3 is 0 Å². The molecule has 0 saturated carbocycles. The maximum Gasteiger partial charge on any atom is 0.126 e. The van der Waals surface area contributed by atoms with E-state index in [1.165, 1.54) is 5.56 Å². The molecule has 3 N–H and O–H groups in total. The van der Waals surface area contributed by atoms with E-state index in [0.717, 1.165) is 18.7 Å². The highest BCUT2D eigenvalue weighted by atomic mass is 14.9. The standard InChI is InChI=1S/C9H13N3/c1-6-2-7(5-12-9(6)10)8-3-11-4-8/h2,5,8,11H,3-4H2,1H3,(H2,10,12). The van der Waals surface area contributed by atoms with Crippen molar-refractivity contribution in [1.82, 2.24) is 10.3 Å². The van der Waals surface area contributed by atoms with E-state index in [9.17, 15) is 0 Å². The van der Waals surface area contributed by atoms with Gasteiger partial charge < -0.3 is 11.1 Å². The molecule has 0 aliphatic carbocycles. The van der Waals surface area contributed by atoms with E-state index in [1.807, 2.05) is 13.1 Å². The van der Waals surface area contributed by atoms with Crippen LogP contribution in [0.1, 0.15) is 17.0 Å². The molecule has 1 aromatic rings. The number of pyridine rings is 1. The molecule has 0 amide bonds. The lowest BCUT2D eigenvalue weighted by atomic mass is 9.94. The lowest BCUT2D eigenvalue weighted by Crippen LogP contribution is -2.39. The number of nitrogens with zero attached hydrogens (tertiary/aromatic N) is 1. The van der Waals surface area contributed by atoms with Crippen molar-refractivity contribution in [2.24, 2.45) is 0 Å². The topological polar surface area (TPSA) is 50.9 Å². The van der Waals surface area contributed by atoms with E-state index in [-0.39, 0.29) is 0 Å². The predicted molar refractivity (Wildman–Crippen MR) is 49.0 cm³/mol. The molecule has 64 valence electrons. The third-order valence-corrected chi connectivity index (χ3v) is 2.39. The largest absolute Gasteiger partial charge is 0.383 e. The number of anilines is 1. The fourth-order valence-electron chi connectivity index (χ4n) is 1.35. The van der Waals surface area contributed by atoms with Crippen LogP contribution >= 0.6 is 0 Å². The lowest BCUT2D eigenvalue weighted by Gasteiger charge is -2.27. The van der Waals surface area contributed by atoms with E-state index in [1.54, 1.807) is 0 Å². The van der Waals surface area contributed by atoms with Gasteiger partial charge in [0.15, 0.2) is 0 Å². The minimum Gasteiger partial charge on any atom is -0.383 e. The first kappa shape index (κ1) is 7.55. The van der Waals surface area contributed by atoms with Crippen LogP contribution in [0.25, 0.3) is 0 Å². The summed E-state index contributed by atoms with van der Waals surface area (Å²) in [5.74, 6) is 1.29. The van der Waals surface area contributed by atoms with E-state index >= 15 is 0 Å². The highest BCUT2D eigenvalue weighted by Crippen LogP contribution is 2.21. The van der Waals surface area contributed by atoms with Crippen LogP contribution in [0.4, 0.5) is 5.82 Å². The summed E-state index contributed by atoms with van der Waals surface area (Å²) in [7, 11) is 0. The van der Waals surface area contributed by atoms with Gasteiger partial charge in [-0.2, -0.15) is 0 Å². The Hall–Kier alpha value is -1.09. The molecule has 1 fully saturated rings. The number of aryl methyl sites for hydroxylation is 1. The first-order valence-corrected chi connectivity index (χ1v) is 4.20. The Morgan fingerprint density at radius 1 is 1.58 bits per heavy atom. The molecule has 0 spiro atoms. The van der Waals surface area contributed by atoms with Crippen LogP contribution in [0.2, 0.25) is 0 Å². The fourth-order valence-corrected chi connectivity index (χ4v) is 1.35. The zero-order chi connectivity index (χ0) is 8.55. The Kier molecular flexibility index (Phi) is 1.73. The Labute approximate surface area is 72.0 Å². The van der Waals surface area contributed by atoms with E-state index in [2.05, 4.69) is 16.4 Å². The van der Waals surface area contributed by atoms with Crippen LogP contribution in [-0.2, 0) is 0 Å². The second-order valence-electron chi connectivity index (χ2n) is 3.33. The molecule has 2 rings (SSSR count). The normalized spacial score (nSPS) is 17.4. The third-order valence-electron chi connectivity index (χ3n) is 2.39. The van der Waals surface area contributed by atoms with Crippen molar-refractivity contribution in [2.75, 3.05) is 18.8 Å². The molecule has 0 aromatic carbocycles.